The second-order valence-corrected chi connectivity index (χ2v) is 0. The smallest absolute Gasteiger partial charge is 2.00 e. The SMILES string of the molecule is [GeH4].[InH3].[O-2].[O-2].[Sn+4]. The maximum atomic E-state index is 0. The van der Waals surface area contributed by atoms with Crippen molar-refractivity contribution >= 4 is 67.3 Å². The zero-order valence-electron chi connectivity index (χ0n) is 1.32. The molecule has 30 valence electrons. The van der Waals surface area contributed by atoms with Crippen LogP contribution in [-0.4, -0.2) is 67.3 Å². The Morgan fingerprint density at radius 3 is 0.800 bits per heavy atom. The summed E-state index contributed by atoms with van der Waals surface area (Å²) >= 11 is 0. The van der Waals surface area contributed by atoms with E-state index in [9.17, 15) is 0 Å². The molecule has 5 heavy (non-hydrogen) atoms. The van der Waals surface area contributed by atoms with Crippen molar-refractivity contribution in [1.29, 1.82) is 0 Å². The van der Waals surface area contributed by atoms with Crippen LogP contribution < -0.4 is 0 Å². The molecule has 0 amide bonds. The Morgan fingerprint density at radius 2 is 0.800 bits per heavy atom. The summed E-state index contributed by atoms with van der Waals surface area (Å²) in [7, 11) is 0. The van der Waals surface area contributed by atoms with Crippen molar-refractivity contribution in [3.63, 3.8) is 0 Å². The van der Waals surface area contributed by atoms with E-state index < -0.39 is 0 Å². The zero-order valence-corrected chi connectivity index (χ0v) is 4.17. The van der Waals surface area contributed by atoms with Gasteiger partial charge in [-0.3, -0.25) is 0 Å². The summed E-state index contributed by atoms with van der Waals surface area (Å²) in [4.78, 5) is 0. The molecule has 0 bridgehead atoms. The largest absolute Gasteiger partial charge is 4.00 e. The van der Waals surface area contributed by atoms with E-state index in [2.05, 4.69) is 0 Å². The number of hydrogen-bond donors (Lipinski definition) is 0. The normalized spacial score (nSPS) is 0. The van der Waals surface area contributed by atoms with Gasteiger partial charge in [-0.25, -0.2) is 0 Å². The van der Waals surface area contributed by atoms with Crippen LogP contribution in [0.2, 0.25) is 0 Å². The van der Waals surface area contributed by atoms with Gasteiger partial charge in [-0.1, -0.05) is 0 Å². The van der Waals surface area contributed by atoms with Crippen molar-refractivity contribution in [1.82, 2.24) is 0 Å². The van der Waals surface area contributed by atoms with Crippen LogP contribution in [0.5, 0.6) is 0 Å². The van der Waals surface area contributed by atoms with E-state index in [1.807, 2.05) is 0 Å². The summed E-state index contributed by atoms with van der Waals surface area (Å²) in [5, 5.41) is 0. The predicted molar refractivity (Wildman–Crippen MR) is 28.4 cm³/mol. The van der Waals surface area contributed by atoms with Gasteiger partial charge < -0.3 is 11.0 Å². The molecule has 0 N–H and O–H groups in total. The second-order valence-electron chi connectivity index (χ2n) is 0. The van der Waals surface area contributed by atoms with Crippen molar-refractivity contribution in [3.8, 4) is 0 Å². The van der Waals surface area contributed by atoms with E-state index in [1.54, 1.807) is 0 Å². The molecule has 0 aliphatic carbocycles. The minimum absolute atomic E-state index is 0. The fourth-order valence-corrected chi connectivity index (χ4v) is 0. The molecule has 0 rings (SSSR count). The van der Waals surface area contributed by atoms with Crippen molar-refractivity contribution in [2.24, 2.45) is 0 Å². The van der Waals surface area contributed by atoms with Crippen molar-refractivity contribution in [2.75, 3.05) is 0 Å². The zero-order chi connectivity index (χ0) is 0. The molecule has 0 heterocycles. The van der Waals surface area contributed by atoms with Crippen LogP contribution in [0.4, 0.5) is 0 Å². The molecular formula is H7GeInO2Sn. The number of rotatable bonds is 0. The van der Waals surface area contributed by atoms with Crippen molar-refractivity contribution < 1.29 is 11.0 Å². The van der Waals surface area contributed by atoms with Crippen LogP contribution >= 0.6 is 0 Å². The third kappa shape index (κ3) is 23.0. The summed E-state index contributed by atoms with van der Waals surface area (Å²) in [5.41, 5.74) is 0. The molecule has 0 fully saturated rings. The first-order chi connectivity index (χ1) is 0. The van der Waals surface area contributed by atoms with Gasteiger partial charge in [0.25, 0.3) is 0 Å². The van der Waals surface area contributed by atoms with E-state index in [0.29, 0.717) is 0 Å². The third-order valence-corrected chi connectivity index (χ3v) is 0. The van der Waals surface area contributed by atoms with E-state index in [4.69, 9.17) is 0 Å². The van der Waals surface area contributed by atoms with Gasteiger partial charge in [0.1, 0.15) is 0 Å². The van der Waals surface area contributed by atoms with Crippen LogP contribution in [0, 0.1) is 0 Å². The third-order valence-electron chi connectivity index (χ3n) is 0. The van der Waals surface area contributed by atoms with Crippen molar-refractivity contribution in [2.45, 2.75) is 0 Å². The first-order valence-electron chi connectivity index (χ1n) is 0. The Bertz CT molecular complexity index is 9.61. The van der Waals surface area contributed by atoms with Gasteiger partial charge >= 0.3 is 67.3 Å². The molecule has 0 spiro atoms. The molecule has 0 saturated carbocycles. The Hall–Kier alpha value is 2.13. The maximum absolute atomic E-state index is 0. The minimum Gasteiger partial charge on any atom is -2.00 e. The van der Waals surface area contributed by atoms with E-state index >= 15 is 0 Å². The Kier molecular flexibility index (Phi) is 419. The summed E-state index contributed by atoms with van der Waals surface area (Å²) in [5.74, 6) is 0. The van der Waals surface area contributed by atoms with Crippen LogP contribution in [0.25, 0.3) is 0 Å². The molecule has 0 aliphatic rings. The monoisotopic (exact) mass is 348 g/mol. The minimum atomic E-state index is 0. The second kappa shape index (κ2) is 35.5. The quantitative estimate of drug-likeness (QED) is 0.414. The molecule has 0 aromatic heterocycles. The van der Waals surface area contributed by atoms with Gasteiger partial charge in [0, 0.05) is 0 Å². The summed E-state index contributed by atoms with van der Waals surface area (Å²) in [6.45, 7) is 0. The molecule has 0 radical (unpaired) electrons. The van der Waals surface area contributed by atoms with Crippen LogP contribution in [0.3, 0.4) is 0 Å². The van der Waals surface area contributed by atoms with Gasteiger partial charge in [-0.2, -0.15) is 0 Å². The Morgan fingerprint density at radius 1 is 0.800 bits per heavy atom. The van der Waals surface area contributed by atoms with Crippen LogP contribution in [0.1, 0.15) is 0 Å². The fourth-order valence-electron chi connectivity index (χ4n) is 0. The molecule has 0 unspecified atom stereocenters. The molecular weight excluding hydrogens is 338 g/mol. The average Bonchev–Trinajstić information content (AvgIpc) is 0. The summed E-state index contributed by atoms with van der Waals surface area (Å²) in [6, 6.07) is 0. The van der Waals surface area contributed by atoms with Gasteiger partial charge in [-0.15, -0.1) is 0 Å². The molecule has 0 atom stereocenters. The molecule has 0 aromatic rings. The Balaban J connectivity index is 0. The van der Waals surface area contributed by atoms with Gasteiger partial charge in [0.2, 0.25) is 0 Å². The van der Waals surface area contributed by atoms with Gasteiger partial charge in [0.05, 0.1) is 0 Å². The first kappa shape index (κ1) is 59.0. The standard InChI is InChI=1S/GeH4.In.2O.Sn.3H/h1H4;;;;;;;/q;;2*-2;+4;;;. The molecule has 2 nitrogen and oxygen atoms in total. The predicted octanol–water partition coefficient (Wildman–Crippen LogP) is -3.25. The van der Waals surface area contributed by atoms with Crippen molar-refractivity contribution in [3.05, 3.63) is 0 Å². The van der Waals surface area contributed by atoms with Gasteiger partial charge in [0.15, 0.2) is 0 Å². The fraction of sp³-hybridized carbons (Fsp3) is 0. The number of hydrogen-bond acceptors (Lipinski definition) is 0. The van der Waals surface area contributed by atoms with E-state index in [-0.39, 0.29) is 78.3 Å². The molecule has 0 aliphatic heterocycles. The molecule has 0 aromatic carbocycles. The van der Waals surface area contributed by atoms with Gasteiger partial charge in [-0.05, 0) is 0 Å². The summed E-state index contributed by atoms with van der Waals surface area (Å²) in [6.07, 6.45) is 0. The molecule has 0 saturated heterocycles. The Labute approximate surface area is 77.4 Å². The average molecular weight is 345 g/mol. The van der Waals surface area contributed by atoms with Crippen LogP contribution in [0.15, 0.2) is 0 Å². The topological polar surface area (TPSA) is 57.0 Å². The van der Waals surface area contributed by atoms with E-state index in [0.717, 1.165) is 0 Å². The van der Waals surface area contributed by atoms with Crippen LogP contribution in [-0.2, 0) is 11.0 Å². The first-order valence-corrected chi connectivity index (χ1v) is 0. The summed E-state index contributed by atoms with van der Waals surface area (Å²) < 4.78 is 0. The molecule has 5 heteroatoms. The maximum Gasteiger partial charge on any atom is 4.00 e. The van der Waals surface area contributed by atoms with E-state index in [1.165, 1.54) is 0 Å².